The van der Waals surface area contributed by atoms with Gasteiger partial charge < -0.3 is 15.8 Å². The van der Waals surface area contributed by atoms with Gasteiger partial charge in [0.2, 0.25) is 5.95 Å². The lowest BCUT2D eigenvalue weighted by atomic mass is 9.97. The van der Waals surface area contributed by atoms with Crippen LogP contribution in [-0.2, 0) is 4.74 Å². The predicted octanol–water partition coefficient (Wildman–Crippen LogP) is 1.36. The van der Waals surface area contributed by atoms with Crippen LogP contribution in [0.4, 0.5) is 15.9 Å². The number of nitrogens with one attached hydrogen (secondary N) is 1. The summed E-state index contributed by atoms with van der Waals surface area (Å²) in [6, 6.07) is 4.59. The molecular weight excluding hydrogens is 315 g/mol. The lowest BCUT2D eigenvalue weighted by Crippen LogP contribution is -2.29. The van der Waals surface area contributed by atoms with E-state index < -0.39 is 11.9 Å². The second-order valence-corrected chi connectivity index (χ2v) is 5.40. The summed E-state index contributed by atoms with van der Waals surface area (Å²) in [6.07, 6.45) is 3.36. The highest BCUT2D eigenvalue weighted by Crippen LogP contribution is 2.28. The molecule has 0 radical (unpaired) electrons. The molecule has 124 valence electrons. The van der Waals surface area contributed by atoms with Gasteiger partial charge in [-0.1, -0.05) is 0 Å². The van der Waals surface area contributed by atoms with Crippen molar-refractivity contribution in [3.63, 3.8) is 0 Å². The molecule has 0 spiro atoms. The van der Waals surface area contributed by atoms with Gasteiger partial charge in [-0.3, -0.25) is 9.48 Å². The summed E-state index contributed by atoms with van der Waals surface area (Å²) in [5.74, 6) is -1.32. The fraction of sp³-hybridized carbons (Fsp3) is 0.333. The number of halogens is 1. The van der Waals surface area contributed by atoms with E-state index in [1.54, 1.807) is 0 Å². The Morgan fingerprint density at radius 1 is 1.54 bits per heavy atom. The lowest BCUT2D eigenvalue weighted by Gasteiger charge is -2.26. The number of carbonyl (C=O) groups is 1. The van der Waals surface area contributed by atoms with E-state index in [-0.39, 0.29) is 23.3 Å². The SMILES string of the molecule is N#C[C@@H]1CCOC[C@H]1n1cc(C(N)=O)c(Nc2ccc(F)nc2)n1. The summed E-state index contributed by atoms with van der Waals surface area (Å²) in [5.41, 5.74) is 6.03. The second kappa shape index (κ2) is 6.64. The first kappa shape index (κ1) is 15.9. The fourth-order valence-corrected chi connectivity index (χ4v) is 2.55. The van der Waals surface area contributed by atoms with Crippen LogP contribution in [0.2, 0.25) is 0 Å². The zero-order valence-electron chi connectivity index (χ0n) is 12.6. The maximum Gasteiger partial charge on any atom is 0.254 e. The zero-order valence-corrected chi connectivity index (χ0v) is 12.6. The van der Waals surface area contributed by atoms with Gasteiger partial charge in [0.05, 0.1) is 36.5 Å². The van der Waals surface area contributed by atoms with Gasteiger partial charge in [-0.05, 0) is 18.6 Å². The molecule has 1 aliphatic rings. The first-order valence-electron chi connectivity index (χ1n) is 7.33. The van der Waals surface area contributed by atoms with Crippen molar-refractivity contribution in [2.75, 3.05) is 18.5 Å². The van der Waals surface area contributed by atoms with Crippen LogP contribution in [0.25, 0.3) is 0 Å². The highest BCUT2D eigenvalue weighted by atomic mass is 19.1. The van der Waals surface area contributed by atoms with E-state index >= 15 is 0 Å². The monoisotopic (exact) mass is 330 g/mol. The number of carbonyl (C=O) groups excluding carboxylic acids is 1. The van der Waals surface area contributed by atoms with Crippen LogP contribution in [0, 0.1) is 23.2 Å². The second-order valence-electron chi connectivity index (χ2n) is 5.40. The number of nitrogens with two attached hydrogens (primary N) is 1. The van der Waals surface area contributed by atoms with Crippen molar-refractivity contribution < 1.29 is 13.9 Å². The highest BCUT2D eigenvalue weighted by Gasteiger charge is 2.29. The van der Waals surface area contributed by atoms with Gasteiger partial charge in [0.1, 0.15) is 5.56 Å². The lowest BCUT2D eigenvalue weighted by molar-refractivity contribution is 0.0342. The van der Waals surface area contributed by atoms with Crippen molar-refractivity contribution in [1.29, 1.82) is 5.26 Å². The van der Waals surface area contributed by atoms with Crippen molar-refractivity contribution in [2.24, 2.45) is 11.7 Å². The molecule has 1 amide bonds. The van der Waals surface area contributed by atoms with Crippen LogP contribution >= 0.6 is 0 Å². The molecule has 0 saturated carbocycles. The van der Waals surface area contributed by atoms with Crippen molar-refractivity contribution in [3.05, 3.63) is 36.0 Å². The molecule has 0 aliphatic carbocycles. The number of pyridine rings is 1. The quantitative estimate of drug-likeness (QED) is 0.817. The van der Waals surface area contributed by atoms with E-state index in [1.807, 2.05) is 0 Å². The minimum absolute atomic E-state index is 0.168. The zero-order chi connectivity index (χ0) is 17.1. The summed E-state index contributed by atoms with van der Waals surface area (Å²) in [6.45, 7) is 0.848. The summed E-state index contributed by atoms with van der Waals surface area (Å²) in [7, 11) is 0. The number of hydrogen-bond acceptors (Lipinski definition) is 6. The third kappa shape index (κ3) is 3.18. The van der Waals surface area contributed by atoms with E-state index in [2.05, 4.69) is 21.5 Å². The number of nitrogens with zero attached hydrogens (tertiary/aromatic N) is 4. The van der Waals surface area contributed by atoms with Gasteiger partial charge >= 0.3 is 0 Å². The van der Waals surface area contributed by atoms with E-state index in [9.17, 15) is 14.4 Å². The molecule has 2 aromatic heterocycles. The van der Waals surface area contributed by atoms with Crippen LogP contribution in [0.5, 0.6) is 0 Å². The first-order valence-corrected chi connectivity index (χ1v) is 7.33. The van der Waals surface area contributed by atoms with Crippen LogP contribution in [0.1, 0.15) is 22.8 Å². The molecule has 3 heterocycles. The third-order valence-electron chi connectivity index (χ3n) is 3.82. The largest absolute Gasteiger partial charge is 0.379 e. The van der Waals surface area contributed by atoms with Crippen LogP contribution in [0.3, 0.4) is 0 Å². The van der Waals surface area contributed by atoms with Crippen molar-refractivity contribution in [1.82, 2.24) is 14.8 Å². The maximum atomic E-state index is 12.9. The molecule has 1 saturated heterocycles. The number of nitriles is 1. The Hall–Kier alpha value is -2.99. The summed E-state index contributed by atoms with van der Waals surface area (Å²) >= 11 is 0. The van der Waals surface area contributed by atoms with Gasteiger partial charge in [0.25, 0.3) is 5.91 Å². The van der Waals surface area contributed by atoms with Gasteiger partial charge in [0.15, 0.2) is 5.82 Å². The maximum absolute atomic E-state index is 12.9. The molecule has 8 nitrogen and oxygen atoms in total. The molecule has 3 rings (SSSR count). The number of amides is 1. The highest BCUT2D eigenvalue weighted by molar-refractivity contribution is 5.98. The molecule has 0 unspecified atom stereocenters. The number of rotatable bonds is 4. The molecule has 0 aromatic carbocycles. The average molecular weight is 330 g/mol. The van der Waals surface area contributed by atoms with Crippen molar-refractivity contribution >= 4 is 17.4 Å². The minimum atomic E-state index is -0.663. The molecule has 1 aliphatic heterocycles. The Morgan fingerprint density at radius 3 is 3.04 bits per heavy atom. The number of anilines is 2. The molecule has 9 heteroatoms. The summed E-state index contributed by atoms with van der Waals surface area (Å²) in [5, 5.41) is 16.5. The smallest absolute Gasteiger partial charge is 0.254 e. The molecule has 24 heavy (non-hydrogen) atoms. The minimum Gasteiger partial charge on any atom is -0.379 e. The Labute approximate surface area is 137 Å². The fourth-order valence-electron chi connectivity index (χ4n) is 2.55. The summed E-state index contributed by atoms with van der Waals surface area (Å²) < 4.78 is 19.8. The Balaban J connectivity index is 1.91. The molecule has 3 N–H and O–H groups in total. The molecule has 2 atom stereocenters. The summed E-state index contributed by atoms with van der Waals surface area (Å²) in [4.78, 5) is 15.2. The van der Waals surface area contributed by atoms with Crippen molar-refractivity contribution in [2.45, 2.75) is 12.5 Å². The molecule has 0 bridgehead atoms. The third-order valence-corrected chi connectivity index (χ3v) is 3.82. The van der Waals surface area contributed by atoms with Crippen LogP contribution < -0.4 is 11.1 Å². The number of aromatic nitrogens is 3. The van der Waals surface area contributed by atoms with E-state index in [0.29, 0.717) is 25.3 Å². The molecule has 1 fully saturated rings. The van der Waals surface area contributed by atoms with E-state index in [0.717, 1.165) is 0 Å². The topological polar surface area (TPSA) is 119 Å². The predicted molar refractivity (Wildman–Crippen MR) is 81.8 cm³/mol. The van der Waals surface area contributed by atoms with Gasteiger partial charge in [-0.2, -0.15) is 14.8 Å². The average Bonchev–Trinajstić information content (AvgIpc) is 3.01. The van der Waals surface area contributed by atoms with Crippen molar-refractivity contribution in [3.8, 4) is 6.07 Å². The Morgan fingerprint density at radius 2 is 2.38 bits per heavy atom. The normalized spacial score (nSPS) is 20.3. The standard InChI is InChI=1S/C15H15FN6O2/c16-13-2-1-10(6-19-13)20-15-11(14(18)23)7-22(21-15)12-8-24-4-3-9(12)5-17/h1-2,6-7,9,12H,3-4,8H2,(H2,18,23)(H,20,21)/t9-,12+/m0/s1. The van der Waals surface area contributed by atoms with Gasteiger partial charge in [-0.25, -0.2) is 4.98 Å². The number of ether oxygens (including phenoxy) is 1. The first-order chi connectivity index (χ1) is 11.6. The van der Waals surface area contributed by atoms with Crippen LogP contribution in [0.15, 0.2) is 24.5 Å². The van der Waals surface area contributed by atoms with E-state index in [1.165, 1.54) is 29.2 Å². The van der Waals surface area contributed by atoms with Crippen LogP contribution in [-0.4, -0.2) is 33.9 Å². The van der Waals surface area contributed by atoms with Gasteiger partial charge in [0, 0.05) is 12.8 Å². The van der Waals surface area contributed by atoms with E-state index in [4.69, 9.17) is 10.5 Å². The Bertz CT molecular complexity index is 782. The molecular formula is C15H15FN6O2. The Kier molecular flexibility index (Phi) is 4.39. The number of primary amides is 1. The molecule has 2 aromatic rings. The number of hydrogen-bond donors (Lipinski definition) is 2. The van der Waals surface area contributed by atoms with Gasteiger partial charge in [-0.15, -0.1) is 0 Å².